The van der Waals surface area contributed by atoms with Gasteiger partial charge < -0.3 is 10.6 Å². The summed E-state index contributed by atoms with van der Waals surface area (Å²) in [6, 6.07) is 9.48. The molecule has 0 heterocycles. The summed E-state index contributed by atoms with van der Waals surface area (Å²) in [6.45, 7) is 8.47. The number of hydrogen-bond acceptors (Lipinski definition) is 2. The highest BCUT2D eigenvalue weighted by atomic mass is 79.9. The van der Waals surface area contributed by atoms with Crippen molar-refractivity contribution in [3.8, 4) is 0 Å². The van der Waals surface area contributed by atoms with Crippen LogP contribution in [0.4, 0.5) is 0 Å². The van der Waals surface area contributed by atoms with E-state index in [0.717, 1.165) is 17.6 Å². The van der Waals surface area contributed by atoms with Crippen molar-refractivity contribution in [3.05, 3.63) is 34.3 Å². The predicted octanol–water partition coefficient (Wildman–Crippen LogP) is 2.93. The molecule has 90 valence electrons. The summed E-state index contributed by atoms with van der Waals surface area (Å²) in [7, 11) is 0. The number of benzene rings is 1. The van der Waals surface area contributed by atoms with Gasteiger partial charge >= 0.3 is 0 Å². The van der Waals surface area contributed by atoms with E-state index in [2.05, 4.69) is 71.6 Å². The monoisotopic (exact) mass is 284 g/mol. The second-order valence-corrected chi connectivity index (χ2v) is 5.39. The molecule has 0 saturated carbocycles. The molecule has 2 nitrogen and oxygen atoms in total. The zero-order valence-electron chi connectivity index (χ0n) is 10.3. The fourth-order valence-electron chi connectivity index (χ4n) is 1.38. The van der Waals surface area contributed by atoms with Gasteiger partial charge in [-0.3, -0.25) is 0 Å². The van der Waals surface area contributed by atoms with E-state index in [1.54, 1.807) is 0 Å². The quantitative estimate of drug-likeness (QED) is 0.839. The molecule has 0 fully saturated rings. The van der Waals surface area contributed by atoms with Gasteiger partial charge in [0.2, 0.25) is 0 Å². The third-order valence-corrected chi connectivity index (χ3v) is 2.93. The van der Waals surface area contributed by atoms with Crippen LogP contribution in [0, 0.1) is 0 Å². The first-order chi connectivity index (χ1) is 7.58. The molecular weight excluding hydrogens is 264 g/mol. The smallest absolute Gasteiger partial charge is 0.0208 e. The topological polar surface area (TPSA) is 24.1 Å². The molecule has 0 saturated heterocycles. The van der Waals surface area contributed by atoms with E-state index < -0.39 is 0 Å². The highest BCUT2D eigenvalue weighted by Crippen LogP contribution is 2.10. The molecule has 0 bridgehead atoms. The van der Waals surface area contributed by atoms with Crippen molar-refractivity contribution in [1.82, 2.24) is 10.6 Å². The maximum Gasteiger partial charge on any atom is 0.0208 e. The molecule has 0 radical (unpaired) electrons. The minimum atomic E-state index is 0.492. The predicted molar refractivity (Wildman–Crippen MR) is 73.6 cm³/mol. The summed E-state index contributed by atoms with van der Waals surface area (Å²) in [5.74, 6) is 0. The largest absolute Gasteiger partial charge is 0.313 e. The molecule has 16 heavy (non-hydrogen) atoms. The van der Waals surface area contributed by atoms with Crippen molar-refractivity contribution in [3.63, 3.8) is 0 Å². The van der Waals surface area contributed by atoms with Gasteiger partial charge in [0.25, 0.3) is 0 Å². The molecule has 2 N–H and O–H groups in total. The summed E-state index contributed by atoms with van der Waals surface area (Å²) in [5.41, 5.74) is 1.32. The molecule has 1 aromatic rings. The van der Waals surface area contributed by atoms with Gasteiger partial charge in [0.1, 0.15) is 0 Å². The molecule has 1 rings (SSSR count). The number of rotatable bonds is 6. The molecule has 3 heteroatoms. The van der Waals surface area contributed by atoms with E-state index in [1.807, 2.05) is 0 Å². The molecule has 0 aromatic heterocycles. The van der Waals surface area contributed by atoms with Crippen LogP contribution in [0.1, 0.15) is 26.3 Å². The second kappa shape index (κ2) is 7.05. The standard InChI is InChI=1S/C13H21BrN2/c1-10(2)15-8-11(3)16-9-12-4-6-13(14)7-5-12/h4-7,10-11,15-16H,8-9H2,1-3H3. The van der Waals surface area contributed by atoms with Crippen molar-refractivity contribution in [2.45, 2.75) is 39.4 Å². The summed E-state index contributed by atoms with van der Waals surface area (Å²) in [5, 5.41) is 6.92. The zero-order valence-corrected chi connectivity index (χ0v) is 11.8. The van der Waals surface area contributed by atoms with Crippen LogP contribution in [0.2, 0.25) is 0 Å². The van der Waals surface area contributed by atoms with E-state index in [-0.39, 0.29) is 0 Å². The van der Waals surface area contributed by atoms with Gasteiger partial charge in [0.05, 0.1) is 0 Å². The Bertz CT molecular complexity index is 295. The van der Waals surface area contributed by atoms with Gasteiger partial charge in [-0.1, -0.05) is 41.9 Å². The minimum absolute atomic E-state index is 0.492. The van der Waals surface area contributed by atoms with Crippen LogP contribution in [0.3, 0.4) is 0 Å². The van der Waals surface area contributed by atoms with Crippen LogP contribution < -0.4 is 10.6 Å². The first kappa shape index (κ1) is 13.7. The molecule has 0 aliphatic rings. The van der Waals surface area contributed by atoms with E-state index in [9.17, 15) is 0 Å². The summed E-state index contributed by atoms with van der Waals surface area (Å²) >= 11 is 3.44. The molecule has 1 atom stereocenters. The van der Waals surface area contributed by atoms with E-state index in [0.29, 0.717) is 12.1 Å². The summed E-state index contributed by atoms with van der Waals surface area (Å²) in [4.78, 5) is 0. The van der Waals surface area contributed by atoms with Gasteiger partial charge in [-0.05, 0) is 24.6 Å². The molecule has 1 aromatic carbocycles. The van der Waals surface area contributed by atoms with Crippen LogP contribution >= 0.6 is 15.9 Å². The first-order valence-electron chi connectivity index (χ1n) is 5.79. The Hall–Kier alpha value is -0.380. The first-order valence-corrected chi connectivity index (χ1v) is 6.58. The van der Waals surface area contributed by atoms with Crippen LogP contribution in [0.25, 0.3) is 0 Å². The molecule has 0 spiro atoms. The van der Waals surface area contributed by atoms with Gasteiger partial charge in [0.15, 0.2) is 0 Å². The Morgan fingerprint density at radius 1 is 1.06 bits per heavy atom. The zero-order chi connectivity index (χ0) is 12.0. The van der Waals surface area contributed by atoms with Gasteiger partial charge in [0, 0.05) is 29.6 Å². The van der Waals surface area contributed by atoms with Crippen LogP contribution in [0.5, 0.6) is 0 Å². The Labute approximate surface area is 107 Å². The summed E-state index contributed by atoms with van der Waals surface area (Å²) in [6.07, 6.45) is 0. The molecular formula is C13H21BrN2. The Balaban J connectivity index is 2.26. The molecule has 0 aliphatic carbocycles. The number of hydrogen-bond donors (Lipinski definition) is 2. The van der Waals surface area contributed by atoms with Crippen molar-refractivity contribution in [1.29, 1.82) is 0 Å². The Kier molecular flexibility index (Phi) is 6.03. The van der Waals surface area contributed by atoms with Gasteiger partial charge in [-0.2, -0.15) is 0 Å². The van der Waals surface area contributed by atoms with Crippen LogP contribution in [0.15, 0.2) is 28.7 Å². The minimum Gasteiger partial charge on any atom is -0.313 e. The van der Waals surface area contributed by atoms with Crippen molar-refractivity contribution >= 4 is 15.9 Å². The SMILES string of the molecule is CC(C)NCC(C)NCc1ccc(Br)cc1. The maximum absolute atomic E-state index is 3.50. The van der Waals surface area contributed by atoms with E-state index in [4.69, 9.17) is 0 Å². The maximum atomic E-state index is 3.50. The van der Waals surface area contributed by atoms with Gasteiger partial charge in [-0.25, -0.2) is 0 Å². The lowest BCUT2D eigenvalue weighted by molar-refractivity contribution is 0.474. The summed E-state index contributed by atoms with van der Waals surface area (Å²) < 4.78 is 1.13. The third-order valence-electron chi connectivity index (χ3n) is 2.40. The molecule has 0 aliphatic heterocycles. The number of nitrogens with one attached hydrogen (secondary N) is 2. The Morgan fingerprint density at radius 3 is 2.25 bits per heavy atom. The fraction of sp³-hybridized carbons (Fsp3) is 0.538. The molecule has 1 unspecified atom stereocenters. The van der Waals surface area contributed by atoms with Crippen molar-refractivity contribution in [2.75, 3.05) is 6.54 Å². The average Bonchev–Trinajstić information content (AvgIpc) is 2.25. The fourth-order valence-corrected chi connectivity index (χ4v) is 1.64. The molecule has 0 amide bonds. The van der Waals surface area contributed by atoms with Crippen molar-refractivity contribution in [2.24, 2.45) is 0 Å². The van der Waals surface area contributed by atoms with E-state index >= 15 is 0 Å². The number of halogens is 1. The lowest BCUT2D eigenvalue weighted by atomic mass is 10.2. The van der Waals surface area contributed by atoms with E-state index in [1.165, 1.54) is 5.56 Å². The third kappa shape index (κ3) is 5.64. The average molecular weight is 285 g/mol. The lowest BCUT2D eigenvalue weighted by Gasteiger charge is -2.16. The Morgan fingerprint density at radius 2 is 1.69 bits per heavy atom. The lowest BCUT2D eigenvalue weighted by Crippen LogP contribution is -2.38. The van der Waals surface area contributed by atoms with Crippen LogP contribution in [-0.2, 0) is 6.54 Å². The van der Waals surface area contributed by atoms with Gasteiger partial charge in [-0.15, -0.1) is 0 Å². The van der Waals surface area contributed by atoms with Crippen molar-refractivity contribution < 1.29 is 0 Å². The highest BCUT2D eigenvalue weighted by Gasteiger charge is 2.02. The van der Waals surface area contributed by atoms with Crippen LogP contribution in [-0.4, -0.2) is 18.6 Å². The second-order valence-electron chi connectivity index (χ2n) is 4.47. The normalized spacial score (nSPS) is 13.1. The highest BCUT2D eigenvalue weighted by molar-refractivity contribution is 9.10.